The molecule has 1 aliphatic heterocycles. The van der Waals surface area contributed by atoms with E-state index in [0.717, 1.165) is 42.6 Å². The molecular formula is C14H18FN3. The number of halogens is 1. The van der Waals surface area contributed by atoms with Crippen molar-refractivity contribution in [3.05, 3.63) is 35.8 Å². The number of aryl methyl sites for hydroxylation is 1. The number of benzene rings is 1. The third-order valence-corrected chi connectivity index (χ3v) is 3.66. The summed E-state index contributed by atoms with van der Waals surface area (Å²) < 4.78 is 16.1. The highest BCUT2D eigenvalue weighted by atomic mass is 19.1. The lowest BCUT2D eigenvalue weighted by Gasteiger charge is -2.27. The van der Waals surface area contributed by atoms with Gasteiger partial charge < -0.3 is 9.88 Å². The summed E-state index contributed by atoms with van der Waals surface area (Å²) in [5, 5.41) is 4.28. The van der Waals surface area contributed by atoms with Crippen molar-refractivity contribution in [2.45, 2.75) is 6.54 Å². The summed E-state index contributed by atoms with van der Waals surface area (Å²) in [4.78, 5) is 2.30. The predicted molar refractivity (Wildman–Crippen MR) is 71.0 cm³/mol. The third-order valence-electron chi connectivity index (χ3n) is 3.66. The average Bonchev–Trinajstić information content (AvgIpc) is 2.73. The van der Waals surface area contributed by atoms with Gasteiger partial charge in [0.15, 0.2) is 0 Å². The fourth-order valence-electron chi connectivity index (χ4n) is 2.56. The molecule has 2 heterocycles. The summed E-state index contributed by atoms with van der Waals surface area (Å²) in [5.74, 6) is -0.0905. The number of rotatable bonds is 2. The first kappa shape index (κ1) is 11.7. The van der Waals surface area contributed by atoms with Crippen molar-refractivity contribution in [1.29, 1.82) is 0 Å². The van der Waals surface area contributed by atoms with Crippen LogP contribution in [0.15, 0.2) is 24.4 Å². The molecule has 1 aromatic carbocycles. The fraction of sp³-hybridized carbons (Fsp3) is 0.429. The van der Waals surface area contributed by atoms with E-state index in [1.54, 1.807) is 6.07 Å². The summed E-state index contributed by atoms with van der Waals surface area (Å²) in [5.41, 5.74) is 1.90. The summed E-state index contributed by atoms with van der Waals surface area (Å²) in [6, 6.07) is 5.58. The van der Waals surface area contributed by atoms with E-state index in [1.807, 2.05) is 29.9 Å². The molecular weight excluding hydrogens is 229 g/mol. The summed E-state index contributed by atoms with van der Waals surface area (Å²) in [7, 11) is 1.99. The Hall–Kier alpha value is -1.39. The van der Waals surface area contributed by atoms with Crippen LogP contribution < -0.4 is 5.32 Å². The minimum absolute atomic E-state index is 0.0905. The van der Waals surface area contributed by atoms with E-state index >= 15 is 0 Å². The van der Waals surface area contributed by atoms with Crippen LogP contribution in [0.25, 0.3) is 10.9 Å². The van der Waals surface area contributed by atoms with Gasteiger partial charge in [-0.2, -0.15) is 0 Å². The van der Waals surface area contributed by atoms with E-state index in [9.17, 15) is 4.39 Å². The number of aromatic nitrogens is 1. The maximum absolute atomic E-state index is 14.0. The predicted octanol–water partition coefficient (Wildman–Crippen LogP) is 1.72. The summed E-state index contributed by atoms with van der Waals surface area (Å²) in [6.45, 7) is 4.67. The van der Waals surface area contributed by atoms with Gasteiger partial charge >= 0.3 is 0 Å². The van der Waals surface area contributed by atoms with Crippen LogP contribution in [0, 0.1) is 5.82 Å². The first-order chi connectivity index (χ1) is 8.74. The van der Waals surface area contributed by atoms with E-state index in [2.05, 4.69) is 10.2 Å². The number of fused-ring (bicyclic) bond motifs is 1. The van der Waals surface area contributed by atoms with E-state index in [-0.39, 0.29) is 5.82 Å². The topological polar surface area (TPSA) is 20.2 Å². The molecule has 1 aromatic heterocycles. The molecule has 0 atom stereocenters. The van der Waals surface area contributed by atoms with E-state index in [4.69, 9.17) is 0 Å². The van der Waals surface area contributed by atoms with E-state index in [1.165, 1.54) is 0 Å². The number of nitrogens with one attached hydrogen (secondary N) is 1. The Balaban J connectivity index is 1.90. The molecule has 3 nitrogen and oxygen atoms in total. The van der Waals surface area contributed by atoms with Gasteiger partial charge in [-0.1, -0.05) is 0 Å². The van der Waals surface area contributed by atoms with Crippen molar-refractivity contribution in [1.82, 2.24) is 14.8 Å². The second-order valence-corrected chi connectivity index (χ2v) is 4.96. The smallest absolute Gasteiger partial charge is 0.128 e. The average molecular weight is 247 g/mol. The molecule has 1 saturated heterocycles. The molecule has 0 aliphatic carbocycles. The Bertz CT molecular complexity index is 555. The first-order valence-corrected chi connectivity index (χ1v) is 6.40. The van der Waals surface area contributed by atoms with Crippen LogP contribution in [0.5, 0.6) is 0 Å². The lowest BCUT2D eigenvalue weighted by Crippen LogP contribution is -2.43. The zero-order valence-corrected chi connectivity index (χ0v) is 10.6. The highest BCUT2D eigenvalue weighted by Crippen LogP contribution is 2.21. The fourth-order valence-corrected chi connectivity index (χ4v) is 2.56. The van der Waals surface area contributed by atoms with Gasteiger partial charge in [0.25, 0.3) is 0 Å². The monoisotopic (exact) mass is 247 g/mol. The van der Waals surface area contributed by atoms with Crippen LogP contribution in [-0.4, -0.2) is 35.6 Å². The largest absolute Gasteiger partial charge is 0.351 e. The summed E-state index contributed by atoms with van der Waals surface area (Å²) >= 11 is 0. The maximum atomic E-state index is 14.0. The number of hydrogen-bond acceptors (Lipinski definition) is 2. The standard InChI is InChI=1S/C14H18FN3/c1-17-5-2-11-8-13(15)12(9-14(11)17)10-18-6-3-16-4-7-18/h2,5,8-9,16H,3-4,6-7,10H2,1H3. The molecule has 0 unspecified atom stereocenters. The van der Waals surface area contributed by atoms with Crippen molar-refractivity contribution in [3.63, 3.8) is 0 Å². The number of nitrogens with zero attached hydrogens (tertiary/aromatic N) is 2. The number of hydrogen-bond donors (Lipinski definition) is 1. The molecule has 4 heteroatoms. The van der Waals surface area contributed by atoms with Crippen LogP contribution in [0.4, 0.5) is 4.39 Å². The molecule has 0 bridgehead atoms. The Labute approximate surface area is 106 Å². The molecule has 0 spiro atoms. The summed E-state index contributed by atoms with van der Waals surface area (Å²) in [6.07, 6.45) is 1.97. The van der Waals surface area contributed by atoms with Crippen LogP contribution >= 0.6 is 0 Å². The Morgan fingerprint density at radius 1 is 1.28 bits per heavy atom. The second kappa shape index (κ2) is 4.71. The maximum Gasteiger partial charge on any atom is 0.128 e. The molecule has 18 heavy (non-hydrogen) atoms. The van der Waals surface area contributed by atoms with Crippen molar-refractivity contribution in [2.24, 2.45) is 7.05 Å². The zero-order valence-electron chi connectivity index (χ0n) is 10.6. The third kappa shape index (κ3) is 2.13. The van der Waals surface area contributed by atoms with Gasteiger partial charge in [0.05, 0.1) is 0 Å². The van der Waals surface area contributed by atoms with Crippen LogP contribution in [0.2, 0.25) is 0 Å². The molecule has 0 saturated carbocycles. The molecule has 3 rings (SSSR count). The van der Waals surface area contributed by atoms with E-state index < -0.39 is 0 Å². The Morgan fingerprint density at radius 3 is 2.83 bits per heavy atom. The molecule has 96 valence electrons. The molecule has 2 aromatic rings. The van der Waals surface area contributed by atoms with Crippen molar-refractivity contribution < 1.29 is 4.39 Å². The molecule has 1 N–H and O–H groups in total. The minimum atomic E-state index is -0.0905. The van der Waals surface area contributed by atoms with Crippen molar-refractivity contribution in [2.75, 3.05) is 26.2 Å². The highest BCUT2D eigenvalue weighted by Gasteiger charge is 2.13. The molecule has 1 fully saturated rings. The van der Waals surface area contributed by atoms with Crippen LogP contribution in [0.3, 0.4) is 0 Å². The molecule has 1 aliphatic rings. The minimum Gasteiger partial charge on any atom is -0.351 e. The van der Waals surface area contributed by atoms with Crippen molar-refractivity contribution in [3.8, 4) is 0 Å². The van der Waals surface area contributed by atoms with Crippen molar-refractivity contribution >= 4 is 10.9 Å². The van der Waals surface area contributed by atoms with Gasteiger partial charge in [-0.15, -0.1) is 0 Å². The lowest BCUT2D eigenvalue weighted by molar-refractivity contribution is 0.230. The zero-order chi connectivity index (χ0) is 12.5. The van der Waals surface area contributed by atoms with Gasteiger partial charge in [0, 0.05) is 62.4 Å². The van der Waals surface area contributed by atoms with Crippen LogP contribution in [0.1, 0.15) is 5.56 Å². The normalized spacial score (nSPS) is 17.4. The van der Waals surface area contributed by atoms with Gasteiger partial charge in [-0.3, -0.25) is 4.90 Å². The second-order valence-electron chi connectivity index (χ2n) is 4.96. The molecule has 0 amide bonds. The van der Waals surface area contributed by atoms with Gasteiger partial charge in [0.1, 0.15) is 5.82 Å². The Morgan fingerprint density at radius 2 is 2.06 bits per heavy atom. The molecule has 0 radical (unpaired) electrons. The van der Waals surface area contributed by atoms with Crippen LogP contribution in [-0.2, 0) is 13.6 Å². The SMILES string of the molecule is Cn1ccc2cc(F)c(CN3CCNCC3)cc21. The van der Waals surface area contributed by atoms with Gasteiger partial charge in [-0.25, -0.2) is 4.39 Å². The van der Waals surface area contributed by atoms with Gasteiger partial charge in [0.2, 0.25) is 0 Å². The van der Waals surface area contributed by atoms with E-state index in [0.29, 0.717) is 6.54 Å². The quantitative estimate of drug-likeness (QED) is 0.872. The number of piperazine rings is 1. The first-order valence-electron chi connectivity index (χ1n) is 6.40. The Kier molecular flexibility index (Phi) is 3.06. The van der Waals surface area contributed by atoms with Gasteiger partial charge in [-0.05, 0) is 18.2 Å². The lowest BCUT2D eigenvalue weighted by atomic mass is 10.1. The highest BCUT2D eigenvalue weighted by molar-refractivity contribution is 5.80.